The lowest BCUT2D eigenvalue weighted by atomic mass is 9.64. The number of aromatic amines is 1. The third kappa shape index (κ3) is 6.23. The van der Waals surface area contributed by atoms with Gasteiger partial charge >= 0.3 is 5.69 Å². The Morgan fingerprint density at radius 3 is 2.26 bits per heavy atom. The number of aromatic nitrogens is 3. The molecule has 3 N–H and O–H groups in total. The molecule has 0 saturated heterocycles. The zero-order valence-electron chi connectivity index (χ0n) is 21.2. The Bertz CT molecular complexity index is 1580. The van der Waals surface area contributed by atoms with E-state index in [2.05, 4.69) is 42.5 Å². The van der Waals surface area contributed by atoms with E-state index in [1.165, 1.54) is 30.3 Å². The van der Waals surface area contributed by atoms with Crippen molar-refractivity contribution in [3.8, 4) is 22.9 Å². The van der Waals surface area contributed by atoms with Crippen LogP contribution in [0, 0.1) is 10.8 Å². The second kappa shape index (κ2) is 10.0. The molecule has 204 valence electrons. The maximum atomic E-state index is 13.3. The molecule has 13 heteroatoms. The minimum Gasteiger partial charge on any atom is -0.507 e. The van der Waals surface area contributed by atoms with E-state index in [1.54, 1.807) is 0 Å². The molecule has 0 unspecified atom stereocenters. The number of ether oxygens (including phenoxy) is 1. The zero-order valence-corrected chi connectivity index (χ0v) is 23.5. The molecule has 0 bridgehead atoms. The fourth-order valence-corrected chi connectivity index (χ4v) is 7.31. The Morgan fingerprint density at radius 1 is 1.08 bits per heavy atom. The average molecular weight is 583 g/mol. The summed E-state index contributed by atoms with van der Waals surface area (Å²) in [6, 6.07) is 6.16. The molecule has 1 aromatic heterocycles. The highest BCUT2D eigenvalue weighted by atomic mass is 35.5. The van der Waals surface area contributed by atoms with Crippen LogP contribution in [0.1, 0.15) is 47.0 Å². The zero-order chi connectivity index (χ0) is 28.0. The smallest absolute Gasteiger partial charge is 0.349 e. The third-order valence-electron chi connectivity index (χ3n) is 6.26. The van der Waals surface area contributed by atoms with Crippen LogP contribution in [0.15, 0.2) is 51.0 Å². The number of nitrogens with one attached hydrogen (secondary N) is 2. The van der Waals surface area contributed by atoms with E-state index in [-0.39, 0.29) is 49.0 Å². The summed E-state index contributed by atoms with van der Waals surface area (Å²) >= 11 is 12.7. The standard InChI is InChI=1S/C25H28Cl2N4O6S/c1-24(2)10-14(11-25(3,4)13-24)30-38(35,36)20-9-16(5-6-19(20)32)37-22-17(26)7-15(8-18(22)27)31-23(34)29-21(33)12-28-31/h5-9,12,14,30,32H,10-11,13H2,1-4H3,(H,29,33,34). The van der Waals surface area contributed by atoms with Gasteiger partial charge in [-0.15, -0.1) is 0 Å². The molecule has 10 nitrogen and oxygen atoms in total. The van der Waals surface area contributed by atoms with Gasteiger partial charge in [0, 0.05) is 12.1 Å². The fourth-order valence-electron chi connectivity index (χ4n) is 5.41. The molecule has 1 heterocycles. The molecule has 0 radical (unpaired) electrons. The summed E-state index contributed by atoms with van der Waals surface area (Å²) in [6.07, 6.45) is 3.23. The third-order valence-corrected chi connectivity index (χ3v) is 8.37. The van der Waals surface area contributed by atoms with Crippen LogP contribution in [0.4, 0.5) is 0 Å². The van der Waals surface area contributed by atoms with Gasteiger partial charge in [0.15, 0.2) is 5.75 Å². The SMILES string of the molecule is CC1(C)CC(NS(=O)(=O)c2cc(Oc3c(Cl)cc(-n4ncc(=O)[nH]c4=O)cc3Cl)ccc2O)CC(C)(C)C1. The molecular weight excluding hydrogens is 555 g/mol. The maximum absolute atomic E-state index is 13.3. The van der Waals surface area contributed by atoms with Crippen LogP contribution in [0.3, 0.4) is 0 Å². The Hall–Kier alpha value is -2.86. The Labute approximate surface area is 229 Å². The van der Waals surface area contributed by atoms with Gasteiger partial charge < -0.3 is 9.84 Å². The number of hydrogen-bond acceptors (Lipinski definition) is 7. The summed E-state index contributed by atoms with van der Waals surface area (Å²) < 4.78 is 36.0. The van der Waals surface area contributed by atoms with Crippen molar-refractivity contribution in [2.75, 3.05) is 0 Å². The molecule has 0 amide bonds. The number of aromatic hydroxyl groups is 1. The van der Waals surface area contributed by atoms with E-state index >= 15 is 0 Å². The molecule has 3 aromatic rings. The number of nitrogens with zero attached hydrogens (tertiary/aromatic N) is 2. The van der Waals surface area contributed by atoms with Crippen LogP contribution in [0.2, 0.25) is 10.0 Å². The minimum atomic E-state index is -4.10. The van der Waals surface area contributed by atoms with E-state index in [0.29, 0.717) is 12.8 Å². The van der Waals surface area contributed by atoms with Gasteiger partial charge in [-0.3, -0.25) is 9.78 Å². The largest absolute Gasteiger partial charge is 0.507 e. The Balaban J connectivity index is 1.62. The first-order valence-corrected chi connectivity index (χ1v) is 14.0. The molecule has 4 rings (SSSR count). The molecule has 0 spiro atoms. The van der Waals surface area contributed by atoms with Crippen LogP contribution in [0.5, 0.6) is 17.2 Å². The molecular formula is C25H28Cl2N4O6S. The van der Waals surface area contributed by atoms with Crippen LogP contribution in [-0.4, -0.2) is 34.3 Å². The highest BCUT2D eigenvalue weighted by Gasteiger charge is 2.40. The van der Waals surface area contributed by atoms with Crippen molar-refractivity contribution in [1.29, 1.82) is 0 Å². The molecule has 0 atom stereocenters. The molecule has 1 fully saturated rings. The predicted octanol–water partition coefficient (Wildman–Crippen LogP) is 4.61. The van der Waals surface area contributed by atoms with Crippen LogP contribution in [0.25, 0.3) is 5.69 Å². The maximum Gasteiger partial charge on any atom is 0.349 e. The summed E-state index contributed by atoms with van der Waals surface area (Å²) in [6.45, 7) is 8.46. The summed E-state index contributed by atoms with van der Waals surface area (Å²) in [5, 5.41) is 14.1. The monoisotopic (exact) mass is 582 g/mol. The van der Waals surface area contributed by atoms with Crippen molar-refractivity contribution in [1.82, 2.24) is 19.5 Å². The number of sulfonamides is 1. The van der Waals surface area contributed by atoms with Crippen molar-refractivity contribution in [2.24, 2.45) is 10.8 Å². The van der Waals surface area contributed by atoms with E-state index < -0.39 is 27.0 Å². The Kier molecular flexibility index (Phi) is 7.43. The van der Waals surface area contributed by atoms with Gasteiger partial charge in [-0.25, -0.2) is 17.9 Å². The van der Waals surface area contributed by atoms with Crippen LogP contribution in [-0.2, 0) is 10.0 Å². The lowest BCUT2D eigenvalue weighted by Crippen LogP contribution is -2.45. The van der Waals surface area contributed by atoms with E-state index in [1.807, 2.05) is 0 Å². The van der Waals surface area contributed by atoms with Crippen LogP contribution < -0.4 is 20.7 Å². The van der Waals surface area contributed by atoms with Gasteiger partial charge in [-0.1, -0.05) is 50.9 Å². The summed E-state index contributed by atoms with van der Waals surface area (Å²) in [4.78, 5) is 25.1. The van der Waals surface area contributed by atoms with Crippen molar-refractivity contribution in [3.63, 3.8) is 0 Å². The topological polar surface area (TPSA) is 143 Å². The molecule has 1 aliphatic rings. The lowest BCUT2D eigenvalue weighted by Gasteiger charge is -2.45. The number of hydrogen-bond donors (Lipinski definition) is 3. The predicted molar refractivity (Wildman–Crippen MR) is 144 cm³/mol. The number of phenols is 1. The number of H-pyrrole nitrogens is 1. The number of halogens is 2. The van der Waals surface area contributed by atoms with Gasteiger partial charge in [-0.2, -0.15) is 9.78 Å². The highest BCUT2D eigenvalue weighted by Crippen LogP contribution is 2.46. The van der Waals surface area contributed by atoms with Crippen molar-refractivity contribution >= 4 is 33.2 Å². The quantitative estimate of drug-likeness (QED) is 0.385. The summed E-state index contributed by atoms with van der Waals surface area (Å²) in [5.74, 6) is -0.383. The second-order valence-corrected chi connectivity index (χ2v) is 13.5. The van der Waals surface area contributed by atoms with Crippen molar-refractivity contribution in [3.05, 3.63) is 67.4 Å². The average Bonchev–Trinajstić information content (AvgIpc) is 2.74. The minimum absolute atomic E-state index is 0.00493. The van der Waals surface area contributed by atoms with Gasteiger partial charge in [0.05, 0.1) is 15.7 Å². The number of rotatable bonds is 6. The fraction of sp³-hybridized carbons (Fsp3) is 0.400. The molecule has 1 saturated carbocycles. The first kappa shape index (κ1) is 28.2. The van der Waals surface area contributed by atoms with Gasteiger partial charge in [0.1, 0.15) is 22.6 Å². The van der Waals surface area contributed by atoms with Crippen LogP contribution >= 0.6 is 23.2 Å². The number of phenolic OH excluding ortho intramolecular Hbond substituents is 1. The molecule has 38 heavy (non-hydrogen) atoms. The van der Waals surface area contributed by atoms with Crippen molar-refractivity contribution < 1.29 is 18.3 Å². The summed E-state index contributed by atoms with van der Waals surface area (Å²) in [7, 11) is -4.10. The normalized spacial score (nSPS) is 17.3. The van der Waals surface area contributed by atoms with E-state index in [0.717, 1.165) is 17.3 Å². The molecule has 0 aliphatic heterocycles. The highest BCUT2D eigenvalue weighted by molar-refractivity contribution is 7.89. The van der Waals surface area contributed by atoms with Gasteiger partial charge in [0.25, 0.3) is 5.56 Å². The Morgan fingerprint density at radius 2 is 1.68 bits per heavy atom. The molecule has 2 aromatic carbocycles. The van der Waals surface area contributed by atoms with E-state index in [9.17, 15) is 23.1 Å². The first-order chi connectivity index (χ1) is 17.6. The second-order valence-electron chi connectivity index (χ2n) is 11.1. The van der Waals surface area contributed by atoms with E-state index in [4.69, 9.17) is 27.9 Å². The summed E-state index contributed by atoms with van der Waals surface area (Å²) in [5.41, 5.74) is -1.37. The lowest BCUT2D eigenvalue weighted by molar-refractivity contribution is 0.0934. The van der Waals surface area contributed by atoms with Crippen molar-refractivity contribution in [2.45, 2.75) is 57.9 Å². The van der Waals surface area contributed by atoms with Gasteiger partial charge in [-0.05, 0) is 54.4 Å². The first-order valence-electron chi connectivity index (χ1n) is 11.8. The van der Waals surface area contributed by atoms with Gasteiger partial charge in [0.2, 0.25) is 10.0 Å². The number of benzene rings is 2. The molecule has 1 aliphatic carbocycles.